The number of aliphatic hydroxyl groups is 1. The molecule has 10 amide bonds. The third-order valence-electron chi connectivity index (χ3n) is 16.1. The van der Waals surface area contributed by atoms with Gasteiger partial charge in [-0.25, -0.2) is 9.59 Å². The summed E-state index contributed by atoms with van der Waals surface area (Å²) in [5, 5.41) is 36.2. The molecule has 0 spiro atoms. The summed E-state index contributed by atoms with van der Waals surface area (Å²) < 4.78 is 17.7. The van der Waals surface area contributed by atoms with Crippen LogP contribution >= 0.6 is 0 Å². The number of aliphatic hydroxyl groups excluding tert-OH is 1. The molecule has 2 aromatic carbocycles. The monoisotopic (exact) mass is 1220 g/mol. The van der Waals surface area contributed by atoms with Crippen LogP contribution in [0.15, 0.2) is 54.6 Å². The Bertz CT molecular complexity index is 2590. The molecule has 0 aliphatic carbocycles. The highest BCUT2D eigenvalue weighted by Crippen LogP contribution is 2.30. The van der Waals surface area contributed by atoms with Gasteiger partial charge in [0.1, 0.15) is 30.8 Å². The number of likely N-dealkylation sites (tertiary alicyclic amines) is 1. The van der Waals surface area contributed by atoms with E-state index in [4.69, 9.17) is 25.1 Å². The van der Waals surface area contributed by atoms with E-state index in [2.05, 4.69) is 31.9 Å². The van der Waals surface area contributed by atoms with Crippen molar-refractivity contribution < 1.29 is 72.4 Å². The molecule has 1 fully saturated rings. The molecule has 0 aromatic heterocycles. The van der Waals surface area contributed by atoms with Crippen molar-refractivity contribution in [2.24, 2.45) is 35.3 Å². The normalized spacial score (nSPS) is 17.0. The van der Waals surface area contributed by atoms with Crippen LogP contribution < -0.4 is 37.6 Å². The molecule has 1 aliphatic heterocycles. The van der Waals surface area contributed by atoms with Gasteiger partial charge in [-0.3, -0.25) is 43.3 Å². The van der Waals surface area contributed by atoms with Gasteiger partial charge in [-0.2, -0.15) is 0 Å². The van der Waals surface area contributed by atoms with E-state index in [1.165, 1.54) is 21.3 Å². The Balaban J connectivity index is 1.71. The number of carbonyl (C=O) groups excluding carboxylic acids is 9. The van der Waals surface area contributed by atoms with Crippen molar-refractivity contribution in [3.05, 3.63) is 65.7 Å². The van der Waals surface area contributed by atoms with Crippen LogP contribution in [0, 0.1) is 29.6 Å². The molecule has 87 heavy (non-hydrogen) atoms. The minimum atomic E-state index is -1.18. The second-order valence-corrected chi connectivity index (χ2v) is 23.7. The smallest absolute Gasteiger partial charge is 0.410 e. The first-order valence-corrected chi connectivity index (χ1v) is 30.1. The van der Waals surface area contributed by atoms with Gasteiger partial charge < -0.3 is 71.9 Å². The lowest BCUT2D eigenvalue weighted by atomic mass is 9.89. The fraction of sp³-hybridized carbons (Fsp3) is 0.645. The number of hydrogen-bond acceptors (Lipinski definition) is 14. The fourth-order valence-electron chi connectivity index (χ4n) is 10.9. The number of nitrogens with zero attached hydrogens (tertiary/aromatic N) is 3. The number of nitrogens with two attached hydrogens (primary N) is 1. The second-order valence-electron chi connectivity index (χ2n) is 23.7. The van der Waals surface area contributed by atoms with Gasteiger partial charge in [-0.1, -0.05) is 111 Å². The number of nitrogens with one attached hydrogen (secondary N) is 6. The third-order valence-corrected chi connectivity index (χ3v) is 16.1. The number of aliphatic carboxylic acids is 1. The first kappa shape index (κ1) is 73.9. The average Bonchev–Trinajstić information content (AvgIpc) is 2.61. The Labute approximate surface area is 512 Å². The minimum absolute atomic E-state index is 0.0578. The average molecular weight is 1220 g/mol. The van der Waals surface area contributed by atoms with E-state index < -0.39 is 138 Å². The van der Waals surface area contributed by atoms with Gasteiger partial charge in [0.25, 0.3) is 0 Å². The molecular formula is C62H98N10O15. The van der Waals surface area contributed by atoms with Crippen molar-refractivity contribution in [2.75, 3.05) is 46.7 Å². The molecule has 10 N–H and O–H groups in total. The van der Waals surface area contributed by atoms with Gasteiger partial charge in [-0.05, 0) is 79.5 Å². The van der Waals surface area contributed by atoms with E-state index in [0.29, 0.717) is 42.6 Å². The Hall–Kier alpha value is -7.38. The van der Waals surface area contributed by atoms with Gasteiger partial charge in [0.15, 0.2) is 0 Å². The summed E-state index contributed by atoms with van der Waals surface area (Å²) >= 11 is 0. The summed E-state index contributed by atoms with van der Waals surface area (Å²) in [5.74, 6) is -6.89. The lowest BCUT2D eigenvalue weighted by Gasteiger charge is -2.41. The highest BCUT2D eigenvalue weighted by atomic mass is 16.6. The van der Waals surface area contributed by atoms with E-state index in [0.717, 1.165) is 4.90 Å². The summed E-state index contributed by atoms with van der Waals surface area (Å²) in [5.41, 5.74) is 6.69. The van der Waals surface area contributed by atoms with Crippen LogP contribution in [0.5, 0.6) is 0 Å². The molecular weight excluding hydrogens is 1120 g/mol. The number of carboxylic acid groups (broad SMARTS) is 1. The molecule has 3 rings (SSSR count). The zero-order valence-corrected chi connectivity index (χ0v) is 53.3. The number of carboxylic acids is 1. The van der Waals surface area contributed by atoms with Crippen molar-refractivity contribution in [1.82, 2.24) is 41.3 Å². The highest BCUT2D eigenvalue weighted by molar-refractivity contribution is 5.98. The van der Waals surface area contributed by atoms with Crippen molar-refractivity contribution in [3.8, 4) is 0 Å². The number of rotatable bonds is 35. The third kappa shape index (κ3) is 22.4. The quantitative estimate of drug-likeness (QED) is 0.0431. The van der Waals surface area contributed by atoms with E-state index in [1.807, 2.05) is 32.0 Å². The summed E-state index contributed by atoms with van der Waals surface area (Å²) in [6.07, 6.45) is -1.91. The van der Waals surface area contributed by atoms with Crippen LogP contribution in [0.4, 0.5) is 15.3 Å². The lowest BCUT2D eigenvalue weighted by molar-refractivity contribution is -0.148. The van der Waals surface area contributed by atoms with Gasteiger partial charge in [0.05, 0.1) is 55.2 Å². The van der Waals surface area contributed by atoms with Crippen LogP contribution in [0.25, 0.3) is 0 Å². The SMILES string of the molecule is CC[C@H](C)[C@@H]([C@@H](CC(=O)N1CCC[C@H]1[C@H](OC)[C@@H](C)C(=O)N[C@H](C)[C@@H](O)c1ccccc1)OC)N(C)C(=O)[C@@H](NC(=O)[C@H](C(C)C)N(C)C(=O)OCc1ccc(NC(=O)[C@H](CCCNC(N)=O)NC(=O)[C@@H](NC(=O)CCC(=O)O)C(C)C)cc1)C(C)C. The number of anilines is 1. The molecule has 25 nitrogen and oxygen atoms in total. The van der Waals surface area contributed by atoms with E-state index in [-0.39, 0.29) is 56.6 Å². The Morgan fingerprint density at radius 2 is 1.37 bits per heavy atom. The molecule has 12 atom stereocenters. The maximum absolute atomic E-state index is 14.8. The van der Waals surface area contributed by atoms with E-state index >= 15 is 0 Å². The highest BCUT2D eigenvalue weighted by Gasteiger charge is 2.44. The largest absolute Gasteiger partial charge is 0.481 e. The van der Waals surface area contributed by atoms with Crippen LogP contribution in [0.3, 0.4) is 0 Å². The zero-order valence-electron chi connectivity index (χ0n) is 53.3. The molecule has 0 radical (unpaired) electrons. The molecule has 25 heteroatoms. The predicted molar refractivity (Wildman–Crippen MR) is 326 cm³/mol. The van der Waals surface area contributed by atoms with Gasteiger partial charge in [0.2, 0.25) is 41.4 Å². The van der Waals surface area contributed by atoms with Crippen molar-refractivity contribution in [3.63, 3.8) is 0 Å². The number of ether oxygens (including phenoxy) is 3. The number of carbonyl (C=O) groups is 10. The number of methoxy groups -OCH3 is 2. The maximum atomic E-state index is 14.8. The first-order valence-electron chi connectivity index (χ1n) is 30.1. The lowest BCUT2D eigenvalue weighted by Crippen LogP contribution is -2.60. The minimum Gasteiger partial charge on any atom is -0.481 e. The number of likely N-dealkylation sites (N-methyl/N-ethyl adjacent to an activating group) is 2. The van der Waals surface area contributed by atoms with Crippen LogP contribution in [0.2, 0.25) is 0 Å². The first-order chi connectivity index (χ1) is 41.0. The predicted octanol–water partition coefficient (Wildman–Crippen LogP) is 4.46. The van der Waals surface area contributed by atoms with Crippen LogP contribution in [-0.4, -0.2) is 180 Å². The number of hydrogen-bond donors (Lipinski definition) is 9. The van der Waals surface area contributed by atoms with Crippen LogP contribution in [0.1, 0.15) is 138 Å². The van der Waals surface area contributed by atoms with Gasteiger partial charge in [0, 0.05) is 53.5 Å². The molecule has 486 valence electrons. The molecule has 2 aromatic rings. The molecule has 1 saturated heterocycles. The van der Waals surface area contributed by atoms with Crippen molar-refractivity contribution in [1.29, 1.82) is 0 Å². The van der Waals surface area contributed by atoms with Gasteiger partial charge >= 0.3 is 18.1 Å². The number of primary amides is 1. The summed E-state index contributed by atoms with van der Waals surface area (Å²) in [4.78, 5) is 137. The molecule has 1 aliphatic rings. The Kier molecular flexibility index (Phi) is 30.6. The van der Waals surface area contributed by atoms with Gasteiger partial charge in [-0.15, -0.1) is 0 Å². The fourth-order valence-corrected chi connectivity index (χ4v) is 10.9. The van der Waals surface area contributed by atoms with E-state index in [9.17, 15) is 53.1 Å². The molecule has 1 heterocycles. The topological polar surface area (TPSA) is 347 Å². The number of urea groups is 1. The van der Waals surface area contributed by atoms with Crippen molar-refractivity contribution >= 4 is 65.1 Å². The summed E-state index contributed by atoms with van der Waals surface area (Å²) in [6, 6.07) is 8.52. The Morgan fingerprint density at radius 1 is 0.736 bits per heavy atom. The zero-order chi connectivity index (χ0) is 65.4. The summed E-state index contributed by atoms with van der Waals surface area (Å²) in [6.45, 7) is 18.2. The standard InChI is InChI=1S/C62H98N10O15/c1-15-38(8)53(46(85-13)33-48(74)72-32-20-24-45(72)55(86-14)39(9)56(78)65-40(10)54(77)42-21-17-16-18-22-42)70(11)60(82)51(36(4)5)69-59(81)52(37(6)7)71(12)62(84)87-34-41-25-27-43(28-26-41)66-57(79)44(23-19-31-64-61(63)83)67-58(80)50(35(2)3)68-47(73)29-30-49(75)76/h16-18,21-22,25-28,35-40,44-46,50-55,77H,15,19-20,23-24,29-34H2,1-14H3,(H,65,78)(H,66,79)(H,67,80)(H,68,73)(H,69,81)(H,75,76)(H3,63,64,83)/t38-,39+,40+,44-,45-,46+,50-,51-,52-,53-,54+,55+/m0/s1. The van der Waals surface area contributed by atoms with E-state index in [1.54, 1.807) is 109 Å². The number of amides is 10. The number of benzene rings is 2. The molecule has 0 unspecified atom stereocenters. The van der Waals surface area contributed by atoms with Crippen molar-refractivity contribution in [2.45, 2.75) is 188 Å². The summed E-state index contributed by atoms with van der Waals surface area (Å²) in [7, 11) is 6.06. The Morgan fingerprint density at radius 3 is 1.92 bits per heavy atom. The maximum Gasteiger partial charge on any atom is 0.410 e. The molecule has 0 saturated carbocycles. The van der Waals surface area contributed by atoms with Crippen LogP contribution in [-0.2, 0) is 59.2 Å². The molecule has 0 bridgehead atoms. The second kappa shape index (κ2) is 36.1.